The number of aryl methyl sites for hydroxylation is 1. The number of oxazole rings is 1. The second kappa shape index (κ2) is 3.89. The molecule has 1 N–H and O–H groups in total. The molecule has 1 fully saturated rings. The van der Waals surface area contributed by atoms with Crippen LogP contribution in [0.5, 0.6) is 0 Å². The Hall–Kier alpha value is -0.870. The molecular weight excluding hydrogens is 168 g/mol. The third-order valence-electron chi connectivity index (χ3n) is 2.14. The van der Waals surface area contributed by atoms with Crippen molar-refractivity contribution in [1.29, 1.82) is 0 Å². The number of nitrogens with one attached hydrogen (secondary N) is 1. The summed E-state index contributed by atoms with van der Waals surface area (Å²) in [5.74, 6) is 1.68. The summed E-state index contributed by atoms with van der Waals surface area (Å²) in [4.78, 5) is 4.20. The Balaban J connectivity index is 2.05. The number of aromatic nitrogens is 1. The normalized spacial score (nSPS) is 23.3. The lowest BCUT2D eigenvalue weighted by Crippen LogP contribution is -2.34. The molecule has 13 heavy (non-hydrogen) atoms. The molecule has 2 heterocycles. The Labute approximate surface area is 77.3 Å². The van der Waals surface area contributed by atoms with E-state index in [1.165, 1.54) is 0 Å². The fraction of sp³-hybridized carbons (Fsp3) is 0.667. The van der Waals surface area contributed by atoms with Gasteiger partial charge in [-0.1, -0.05) is 6.92 Å². The molecule has 1 aliphatic rings. The molecular formula is C9H14N2O2. The Bertz CT molecular complexity index is 266. The molecule has 0 amide bonds. The summed E-state index contributed by atoms with van der Waals surface area (Å²) in [6, 6.07) is 0.133. The average Bonchev–Trinajstić information content (AvgIpc) is 2.67. The highest BCUT2D eigenvalue weighted by Gasteiger charge is 2.19. The fourth-order valence-corrected chi connectivity index (χ4v) is 1.37. The van der Waals surface area contributed by atoms with E-state index in [1.54, 1.807) is 6.20 Å². The van der Waals surface area contributed by atoms with Crippen molar-refractivity contribution in [2.75, 3.05) is 19.8 Å². The van der Waals surface area contributed by atoms with Crippen LogP contribution in [0.25, 0.3) is 0 Å². The van der Waals surface area contributed by atoms with Crippen LogP contribution in [-0.2, 0) is 11.2 Å². The van der Waals surface area contributed by atoms with Gasteiger partial charge in [0.1, 0.15) is 11.8 Å². The van der Waals surface area contributed by atoms with Crippen LogP contribution in [0.4, 0.5) is 0 Å². The molecule has 0 spiro atoms. The molecule has 2 rings (SSSR count). The van der Waals surface area contributed by atoms with Crippen molar-refractivity contribution in [3.63, 3.8) is 0 Å². The Morgan fingerprint density at radius 3 is 3.23 bits per heavy atom. The summed E-state index contributed by atoms with van der Waals surface area (Å²) in [6.45, 7) is 4.35. The molecule has 72 valence electrons. The van der Waals surface area contributed by atoms with Gasteiger partial charge in [0, 0.05) is 13.0 Å². The summed E-state index contributed by atoms with van der Waals surface area (Å²) in [5.41, 5.74) is 0. The van der Waals surface area contributed by atoms with Gasteiger partial charge >= 0.3 is 0 Å². The van der Waals surface area contributed by atoms with E-state index in [-0.39, 0.29) is 6.04 Å². The van der Waals surface area contributed by atoms with E-state index in [0.717, 1.165) is 31.2 Å². The second-order valence-electron chi connectivity index (χ2n) is 3.10. The molecule has 0 aliphatic carbocycles. The molecule has 1 aromatic rings. The van der Waals surface area contributed by atoms with Crippen LogP contribution in [0.1, 0.15) is 24.6 Å². The van der Waals surface area contributed by atoms with Crippen LogP contribution < -0.4 is 5.32 Å². The van der Waals surface area contributed by atoms with E-state index in [2.05, 4.69) is 17.2 Å². The highest BCUT2D eigenvalue weighted by Crippen LogP contribution is 2.15. The van der Waals surface area contributed by atoms with Crippen LogP contribution in [0, 0.1) is 0 Å². The molecule has 0 radical (unpaired) electrons. The molecule has 1 saturated heterocycles. The van der Waals surface area contributed by atoms with E-state index in [1.807, 2.05) is 0 Å². The van der Waals surface area contributed by atoms with Gasteiger partial charge < -0.3 is 14.5 Å². The van der Waals surface area contributed by atoms with E-state index in [4.69, 9.17) is 9.15 Å². The van der Waals surface area contributed by atoms with Crippen LogP contribution >= 0.6 is 0 Å². The first-order chi connectivity index (χ1) is 6.40. The minimum Gasteiger partial charge on any atom is -0.444 e. The Morgan fingerprint density at radius 2 is 2.62 bits per heavy atom. The van der Waals surface area contributed by atoms with Crippen LogP contribution in [0.15, 0.2) is 10.6 Å². The average molecular weight is 182 g/mol. The molecule has 4 heteroatoms. The largest absolute Gasteiger partial charge is 0.444 e. The van der Waals surface area contributed by atoms with Gasteiger partial charge in [0.15, 0.2) is 0 Å². The van der Waals surface area contributed by atoms with E-state index in [9.17, 15) is 0 Å². The van der Waals surface area contributed by atoms with Crippen molar-refractivity contribution in [3.05, 3.63) is 17.8 Å². The van der Waals surface area contributed by atoms with Crippen molar-refractivity contribution in [3.8, 4) is 0 Å². The first-order valence-electron chi connectivity index (χ1n) is 4.66. The zero-order valence-electron chi connectivity index (χ0n) is 7.75. The van der Waals surface area contributed by atoms with E-state index < -0.39 is 0 Å². The SMILES string of the molecule is CCc1cnc(C2COCCN2)o1. The third kappa shape index (κ3) is 1.89. The standard InChI is InChI=1S/C9H14N2O2/c1-2-7-5-11-9(13-7)8-6-12-4-3-10-8/h5,8,10H,2-4,6H2,1H3. The van der Waals surface area contributed by atoms with Gasteiger partial charge in [-0.2, -0.15) is 0 Å². The van der Waals surface area contributed by atoms with Crippen molar-refractivity contribution in [1.82, 2.24) is 10.3 Å². The monoisotopic (exact) mass is 182 g/mol. The predicted octanol–water partition coefficient (Wildman–Crippen LogP) is 0.898. The lowest BCUT2D eigenvalue weighted by molar-refractivity contribution is 0.0677. The van der Waals surface area contributed by atoms with Crippen molar-refractivity contribution < 1.29 is 9.15 Å². The Morgan fingerprint density at radius 1 is 1.69 bits per heavy atom. The van der Waals surface area contributed by atoms with E-state index >= 15 is 0 Å². The van der Waals surface area contributed by atoms with Crippen molar-refractivity contribution in [2.45, 2.75) is 19.4 Å². The van der Waals surface area contributed by atoms with Gasteiger partial charge in [0.05, 0.1) is 19.4 Å². The van der Waals surface area contributed by atoms with Crippen molar-refractivity contribution in [2.24, 2.45) is 0 Å². The van der Waals surface area contributed by atoms with Gasteiger partial charge in [-0.05, 0) is 0 Å². The maximum atomic E-state index is 5.52. The fourth-order valence-electron chi connectivity index (χ4n) is 1.37. The molecule has 0 bridgehead atoms. The minimum atomic E-state index is 0.133. The number of morpholine rings is 1. The lowest BCUT2D eigenvalue weighted by Gasteiger charge is -2.20. The topological polar surface area (TPSA) is 47.3 Å². The first kappa shape index (κ1) is 8.72. The van der Waals surface area contributed by atoms with Gasteiger partial charge in [-0.25, -0.2) is 4.98 Å². The molecule has 0 saturated carbocycles. The maximum absolute atomic E-state index is 5.52. The molecule has 4 nitrogen and oxygen atoms in total. The predicted molar refractivity (Wildman–Crippen MR) is 47.4 cm³/mol. The smallest absolute Gasteiger partial charge is 0.213 e. The number of hydrogen-bond donors (Lipinski definition) is 1. The van der Waals surface area contributed by atoms with E-state index in [0.29, 0.717) is 6.61 Å². The highest BCUT2D eigenvalue weighted by molar-refractivity contribution is 4.98. The number of ether oxygens (including phenoxy) is 1. The number of hydrogen-bond acceptors (Lipinski definition) is 4. The van der Waals surface area contributed by atoms with Crippen LogP contribution in [0.2, 0.25) is 0 Å². The zero-order chi connectivity index (χ0) is 9.10. The summed E-state index contributed by atoms with van der Waals surface area (Å²) in [7, 11) is 0. The summed E-state index contributed by atoms with van der Waals surface area (Å²) < 4.78 is 10.8. The molecule has 1 aromatic heterocycles. The highest BCUT2D eigenvalue weighted by atomic mass is 16.5. The van der Waals surface area contributed by atoms with Gasteiger partial charge in [0.2, 0.25) is 5.89 Å². The molecule has 1 atom stereocenters. The maximum Gasteiger partial charge on any atom is 0.213 e. The number of nitrogens with zero attached hydrogens (tertiary/aromatic N) is 1. The van der Waals surface area contributed by atoms with Crippen LogP contribution in [-0.4, -0.2) is 24.7 Å². The molecule has 1 aliphatic heterocycles. The molecule has 1 unspecified atom stereocenters. The summed E-state index contributed by atoms with van der Waals surface area (Å²) >= 11 is 0. The first-order valence-corrected chi connectivity index (χ1v) is 4.66. The van der Waals surface area contributed by atoms with Gasteiger partial charge in [-0.3, -0.25) is 0 Å². The zero-order valence-corrected chi connectivity index (χ0v) is 7.75. The molecule has 0 aromatic carbocycles. The summed E-state index contributed by atoms with van der Waals surface area (Å²) in [5, 5.41) is 3.29. The quantitative estimate of drug-likeness (QED) is 0.738. The lowest BCUT2D eigenvalue weighted by atomic mass is 10.3. The minimum absolute atomic E-state index is 0.133. The summed E-state index contributed by atoms with van der Waals surface area (Å²) in [6.07, 6.45) is 2.67. The number of rotatable bonds is 2. The second-order valence-corrected chi connectivity index (χ2v) is 3.10. The van der Waals surface area contributed by atoms with Crippen LogP contribution in [0.3, 0.4) is 0 Å². The van der Waals surface area contributed by atoms with Crippen molar-refractivity contribution >= 4 is 0 Å². The van der Waals surface area contributed by atoms with Gasteiger partial charge in [-0.15, -0.1) is 0 Å². The Kier molecular flexibility index (Phi) is 2.61. The third-order valence-corrected chi connectivity index (χ3v) is 2.14. The van der Waals surface area contributed by atoms with Gasteiger partial charge in [0.25, 0.3) is 0 Å².